The first-order chi connectivity index (χ1) is 8.79. The van der Waals surface area contributed by atoms with E-state index in [9.17, 15) is 4.39 Å². The molecule has 0 saturated heterocycles. The lowest BCUT2D eigenvalue weighted by molar-refractivity contribution is 0.523. The molecule has 1 nitrogen and oxygen atoms in total. The number of halogens is 1. The van der Waals surface area contributed by atoms with Gasteiger partial charge in [0.25, 0.3) is 0 Å². The number of allylic oxidation sites excluding steroid dienone is 1. The van der Waals surface area contributed by atoms with Crippen molar-refractivity contribution >= 4 is 0 Å². The fraction of sp³-hybridized carbons (Fsp3) is 0.500. The van der Waals surface area contributed by atoms with Crippen LogP contribution in [0.15, 0.2) is 35.9 Å². The van der Waals surface area contributed by atoms with Crippen LogP contribution in [0.1, 0.15) is 50.6 Å². The molecule has 1 N–H and O–H groups in total. The van der Waals surface area contributed by atoms with Crippen LogP contribution in [0.4, 0.5) is 4.39 Å². The van der Waals surface area contributed by atoms with E-state index in [1.165, 1.54) is 37.3 Å². The van der Waals surface area contributed by atoms with Crippen LogP contribution in [0.3, 0.4) is 0 Å². The van der Waals surface area contributed by atoms with Gasteiger partial charge >= 0.3 is 0 Å². The molecule has 1 aromatic rings. The summed E-state index contributed by atoms with van der Waals surface area (Å²) < 4.78 is 13.3. The van der Waals surface area contributed by atoms with E-state index in [1.54, 1.807) is 12.1 Å². The zero-order chi connectivity index (χ0) is 12.8. The fourth-order valence-corrected chi connectivity index (χ4v) is 2.63. The highest BCUT2D eigenvalue weighted by Gasteiger charge is 2.14. The topological polar surface area (TPSA) is 12.0 Å². The Morgan fingerprint density at radius 1 is 1.33 bits per heavy atom. The van der Waals surface area contributed by atoms with Crippen molar-refractivity contribution in [2.24, 2.45) is 0 Å². The van der Waals surface area contributed by atoms with Crippen LogP contribution in [0.5, 0.6) is 0 Å². The van der Waals surface area contributed by atoms with E-state index in [-0.39, 0.29) is 11.9 Å². The van der Waals surface area contributed by atoms with E-state index in [0.717, 1.165) is 18.5 Å². The molecule has 1 unspecified atom stereocenters. The Kier molecular flexibility index (Phi) is 4.94. The molecular formula is C16H22FN. The van der Waals surface area contributed by atoms with Gasteiger partial charge in [-0.05, 0) is 56.3 Å². The van der Waals surface area contributed by atoms with Crippen LogP contribution in [-0.4, -0.2) is 6.54 Å². The molecule has 1 aromatic carbocycles. The SMILES string of the molecule is CCNC(CC1=CCCCC1)c1cccc(F)c1. The molecule has 1 aliphatic carbocycles. The molecule has 0 bridgehead atoms. The molecule has 2 rings (SSSR count). The normalized spacial score (nSPS) is 17.3. The highest BCUT2D eigenvalue weighted by molar-refractivity contribution is 5.22. The first-order valence-electron chi connectivity index (χ1n) is 6.96. The van der Waals surface area contributed by atoms with Gasteiger partial charge in [-0.2, -0.15) is 0 Å². The van der Waals surface area contributed by atoms with Crippen LogP contribution in [0.25, 0.3) is 0 Å². The summed E-state index contributed by atoms with van der Waals surface area (Å²) in [6.45, 7) is 3.01. The summed E-state index contributed by atoms with van der Waals surface area (Å²) in [5, 5.41) is 3.47. The molecule has 0 radical (unpaired) electrons. The summed E-state index contributed by atoms with van der Waals surface area (Å²) in [7, 11) is 0. The molecule has 1 atom stereocenters. The van der Waals surface area contributed by atoms with Crippen molar-refractivity contribution < 1.29 is 4.39 Å². The lowest BCUT2D eigenvalue weighted by Crippen LogP contribution is -2.21. The van der Waals surface area contributed by atoms with Crippen molar-refractivity contribution in [1.29, 1.82) is 0 Å². The number of benzene rings is 1. The maximum Gasteiger partial charge on any atom is 0.123 e. The maximum absolute atomic E-state index is 13.3. The average molecular weight is 247 g/mol. The molecule has 0 heterocycles. The van der Waals surface area contributed by atoms with Crippen molar-refractivity contribution in [1.82, 2.24) is 5.32 Å². The zero-order valence-corrected chi connectivity index (χ0v) is 11.1. The molecule has 2 heteroatoms. The van der Waals surface area contributed by atoms with Gasteiger partial charge in [0, 0.05) is 6.04 Å². The summed E-state index contributed by atoms with van der Waals surface area (Å²) in [6, 6.07) is 7.21. The van der Waals surface area contributed by atoms with Gasteiger partial charge in [-0.25, -0.2) is 4.39 Å². The van der Waals surface area contributed by atoms with Gasteiger partial charge in [0.15, 0.2) is 0 Å². The third-order valence-corrected chi connectivity index (χ3v) is 3.55. The average Bonchev–Trinajstić information content (AvgIpc) is 2.39. The number of hydrogen-bond acceptors (Lipinski definition) is 1. The van der Waals surface area contributed by atoms with Crippen LogP contribution >= 0.6 is 0 Å². The second kappa shape index (κ2) is 6.69. The van der Waals surface area contributed by atoms with Gasteiger partial charge in [0.1, 0.15) is 5.82 Å². The van der Waals surface area contributed by atoms with Crippen molar-refractivity contribution in [2.75, 3.05) is 6.54 Å². The predicted octanol–water partition coefficient (Wildman–Crippen LogP) is 4.37. The monoisotopic (exact) mass is 247 g/mol. The minimum Gasteiger partial charge on any atom is -0.310 e. The molecule has 0 amide bonds. The second-order valence-corrected chi connectivity index (χ2v) is 4.98. The smallest absolute Gasteiger partial charge is 0.123 e. The Hall–Kier alpha value is -1.15. The largest absolute Gasteiger partial charge is 0.310 e. The van der Waals surface area contributed by atoms with Crippen LogP contribution in [0.2, 0.25) is 0 Å². The Labute approximate surface area is 109 Å². The minimum absolute atomic E-state index is 0.145. The summed E-state index contributed by atoms with van der Waals surface area (Å²) in [6.07, 6.45) is 8.40. The minimum atomic E-state index is -0.145. The number of hydrogen-bond donors (Lipinski definition) is 1. The number of rotatable bonds is 5. The summed E-state index contributed by atoms with van der Waals surface area (Å²) in [5.41, 5.74) is 2.58. The lowest BCUT2D eigenvalue weighted by atomic mass is 9.91. The summed E-state index contributed by atoms with van der Waals surface area (Å²) >= 11 is 0. The van der Waals surface area contributed by atoms with Gasteiger partial charge in [-0.1, -0.05) is 30.7 Å². The molecule has 0 aromatic heterocycles. The van der Waals surface area contributed by atoms with Gasteiger partial charge in [-0.15, -0.1) is 0 Å². The molecule has 0 saturated carbocycles. The fourth-order valence-electron chi connectivity index (χ4n) is 2.63. The van der Waals surface area contributed by atoms with E-state index in [2.05, 4.69) is 18.3 Å². The third-order valence-electron chi connectivity index (χ3n) is 3.55. The molecule has 0 spiro atoms. The van der Waals surface area contributed by atoms with Crippen LogP contribution < -0.4 is 5.32 Å². The zero-order valence-electron chi connectivity index (χ0n) is 11.1. The van der Waals surface area contributed by atoms with E-state index < -0.39 is 0 Å². The lowest BCUT2D eigenvalue weighted by Gasteiger charge is -2.22. The Balaban J connectivity index is 2.09. The second-order valence-electron chi connectivity index (χ2n) is 4.98. The van der Waals surface area contributed by atoms with Crippen molar-refractivity contribution in [3.63, 3.8) is 0 Å². The number of nitrogens with one attached hydrogen (secondary N) is 1. The van der Waals surface area contributed by atoms with E-state index in [0.29, 0.717) is 0 Å². The van der Waals surface area contributed by atoms with Gasteiger partial charge < -0.3 is 5.32 Å². The quantitative estimate of drug-likeness (QED) is 0.762. The van der Waals surface area contributed by atoms with Crippen molar-refractivity contribution in [3.05, 3.63) is 47.3 Å². The van der Waals surface area contributed by atoms with E-state index in [1.807, 2.05) is 6.07 Å². The van der Waals surface area contributed by atoms with Gasteiger partial charge in [0.05, 0.1) is 0 Å². The Morgan fingerprint density at radius 3 is 2.89 bits per heavy atom. The highest BCUT2D eigenvalue weighted by Crippen LogP contribution is 2.27. The van der Waals surface area contributed by atoms with Crippen LogP contribution in [-0.2, 0) is 0 Å². The van der Waals surface area contributed by atoms with Gasteiger partial charge in [0.2, 0.25) is 0 Å². The predicted molar refractivity (Wildman–Crippen MR) is 74.0 cm³/mol. The highest BCUT2D eigenvalue weighted by atomic mass is 19.1. The van der Waals surface area contributed by atoms with Crippen LogP contribution in [0, 0.1) is 5.82 Å². The van der Waals surface area contributed by atoms with E-state index >= 15 is 0 Å². The molecule has 1 aliphatic rings. The molecule has 98 valence electrons. The Bertz CT molecular complexity index is 411. The summed E-state index contributed by atoms with van der Waals surface area (Å²) in [4.78, 5) is 0. The van der Waals surface area contributed by atoms with E-state index in [4.69, 9.17) is 0 Å². The molecular weight excluding hydrogens is 225 g/mol. The van der Waals surface area contributed by atoms with Crippen molar-refractivity contribution in [2.45, 2.75) is 45.1 Å². The first kappa shape index (κ1) is 13.3. The van der Waals surface area contributed by atoms with Gasteiger partial charge in [-0.3, -0.25) is 0 Å². The van der Waals surface area contributed by atoms with Crippen molar-refractivity contribution in [3.8, 4) is 0 Å². The molecule has 18 heavy (non-hydrogen) atoms. The third kappa shape index (κ3) is 3.67. The Morgan fingerprint density at radius 2 is 2.22 bits per heavy atom. The molecule has 0 fully saturated rings. The maximum atomic E-state index is 13.3. The summed E-state index contributed by atoms with van der Waals surface area (Å²) in [5.74, 6) is -0.145. The first-order valence-corrected chi connectivity index (χ1v) is 6.96. The molecule has 0 aliphatic heterocycles. The standard InChI is InChI=1S/C16H22FN/c1-2-18-16(11-13-7-4-3-5-8-13)14-9-6-10-15(17)12-14/h6-7,9-10,12,16,18H,2-5,8,11H2,1H3.